The molecular formula is C20H20N6O3. The van der Waals surface area contributed by atoms with Gasteiger partial charge in [0.25, 0.3) is 5.69 Å². The van der Waals surface area contributed by atoms with Gasteiger partial charge in [0.2, 0.25) is 5.91 Å². The Morgan fingerprint density at radius 2 is 1.93 bits per heavy atom. The predicted molar refractivity (Wildman–Crippen MR) is 112 cm³/mol. The van der Waals surface area contributed by atoms with Gasteiger partial charge in [-0.25, -0.2) is 4.98 Å². The van der Waals surface area contributed by atoms with E-state index in [4.69, 9.17) is 0 Å². The number of anilines is 2. The number of carbonyl (C=O) groups excluding carboxylic acids is 1. The maximum atomic E-state index is 11.2. The molecule has 3 aromatic rings. The summed E-state index contributed by atoms with van der Waals surface area (Å²) in [5.41, 5.74) is 7.35. The quantitative estimate of drug-likeness (QED) is 0.376. The highest BCUT2D eigenvalue weighted by Crippen LogP contribution is 2.21. The van der Waals surface area contributed by atoms with Crippen molar-refractivity contribution in [1.29, 1.82) is 0 Å². The molecule has 0 bridgehead atoms. The van der Waals surface area contributed by atoms with Crippen molar-refractivity contribution in [3.8, 4) is 5.69 Å². The Bertz CT molecular complexity index is 1070. The normalized spacial score (nSPS) is 10.9. The first kappa shape index (κ1) is 19.7. The van der Waals surface area contributed by atoms with Gasteiger partial charge in [-0.2, -0.15) is 5.10 Å². The van der Waals surface area contributed by atoms with Crippen LogP contribution in [0, 0.1) is 24.0 Å². The molecule has 0 aliphatic heterocycles. The second-order valence-corrected chi connectivity index (χ2v) is 6.42. The molecule has 0 unspecified atom stereocenters. The third kappa shape index (κ3) is 4.64. The summed E-state index contributed by atoms with van der Waals surface area (Å²) in [7, 11) is 0. The van der Waals surface area contributed by atoms with Gasteiger partial charge in [-0.1, -0.05) is 0 Å². The van der Waals surface area contributed by atoms with E-state index in [1.165, 1.54) is 25.3 Å². The van der Waals surface area contributed by atoms with E-state index in [-0.39, 0.29) is 11.6 Å². The zero-order valence-electron chi connectivity index (χ0n) is 16.2. The number of amides is 1. The van der Waals surface area contributed by atoms with Crippen molar-refractivity contribution in [3.63, 3.8) is 0 Å². The zero-order valence-corrected chi connectivity index (χ0v) is 16.2. The van der Waals surface area contributed by atoms with Crippen LogP contribution in [-0.4, -0.2) is 26.6 Å². The SMILES string of the molecule is CC(=O)Nc1ccc(-n2c(C)cc(C=NNc3ccc([N+](=O)[O-])cn3)c2C)cc1. The number of pyridine rings is 1. The third-order valence-corrected chi connectivity index (χ3v) is 4.26. The molecule has 1 aromatic carbocycles. The molecule has 0 saturated carbocycles. The molecule has 9 nitrogen and oxygen atoms in total. The van der Waals surface area contributed by atoms with Gasteiger partial charge < -0.3 is 9.88 Å². The molecule has 9 heteroatoms. The van der Waals surface area contributed by atoms with E-state index in [9.17, 15) is 14.9 Å². The highest BCUT2D eigenvalue weighted by atomic mass is 16.6. The molecular weight excluding hydrogens is 372 g/mol. The average Bonchev–Trinajstić information content (AvgIpc) is 2.96. The molecule has 2 aromatic heterocycles. The summed E-state index contributed by atoms with van der Waals surface area (Å²) in [5, 5.41) is 17.6. The molecule has 1 amide bonds. The number of nitro groups is 1. The van der Waals surface area contributed by atoms with Crippen LogP contribution in [0.5, 0.6) is 0 Å². The summed E-state index contributed by atoms with van der Waals surface area (Å²) in [6.07, 6.45) is 2.85. The van der Waals surface area contributed by atoms with Crippen LogP contribution in [0.15, 0.2) is 53.8 Å². The molecule has 0 aliphatic rings. The van der Waals surface area contributed by atoms with Crippen LogP contribution in [-0.2, 0) is 4.79 Å². The predicted octanol–water partition coefficient (Wildman–Crippen LogP) is 3.80. The highest BCUT2D eigenvalue weighted by Gasteiger charge is 2.10. The lowest BCUT2D eigenvalue weighted by molar-refractivity contribution is -0.385. The van der Waals surface area contributed by atoms with Crippen molar-refractivity contribution in [2.24, 2.45) is 5.10 Å². The fourth-order valence-electron chi connectivity index (χ4n) is 2.94. The minimum Gasteiger partial charge on any atom is -0.326 e. The Hall–Kier alpha value is -4.01. The van der Waals surface area contributed by atoms with Crippen LogP contribution in [0.1, 0.15) is 23.9 Å². The van der Waals surface area contributed by atoms with Crippen LogP contribution in [0.3, 0.4) is 0 Å². The minimum atomic E-state index is -0.502. The number of carbonyl (C=O) groups is 1. The molecule has 0 radical (unpaired) electrons. The van der Waals surface area contributed by atoms with E-state index >= 15 is 0 Å². The number of rotatable bonds is 6. The number of benzene rings is 1. The summed E-state index contributed by atoms with van der Waals surface area (Å²) in [6.45, 7) is 5.46. The first-order valence-electron chi connectivity index (χ1n) is 8.81. The van der Waals surface area contributed by atoms with E-state index in [0.717, 1.165) is 28.3 Å². The summed E-state index contributed by atoms with van der Waals surface area (Å²) in [5.74, 6) is 0.300. The standard InChI is InChI=1S/C20H20N6O3/c1-13-10-16(11-22-24-20-9-8-19(12-21-20)26(28)29)14(2)25(13)18-6-4-17(5-7-18)23-15(3)27/h4-12H,1-3H3,(H,21,24)(H,23,27). The van der Waals surface area contributed by atoms with Gasteiger partial charge in [-0.15, -0.1) is 0 Å². The van der Waals surface area contributed by atoms with Crippen LogP contribution in [0.25, 0.3) is 5.69 Å². The molecule has 0 spiro atoms. The lowest BCUT2D eigenvalue weighted by Gasteiger charge is -2.10. The van der Waals surface area contributed by atoms with Crippen LogP contribution in [0.2, 0.25) is 0 Å². The van der Waals surface area contributed by atoms with Crippen molar-refractivity contribution in [1.82, 2.24) is 9.55 Å². The molecule has 0 atom stereocenters. The molecule has 0 fully saturated rings. The molecule has 3 rings (SSSR count). The molecule has 148 valence electrons. The van der Waals surface area contributed by atoms with E-state index in [2.05, 4.69) is 25.4 Å². The lowest BCUT2D eigenvalue weighted by atomic mass is 10.2. The molecule has 2 N–H and O–H groups in total. The van der Waals surface area contributed by atoms with Gasteiger partial charge in [-0.3, -0.25) is 20.3 Å². The van der Waals surface area contributed by atoms with Crippen molar-refractivity contribution < 1.29 is 9.72 Å². The average molecular weight is 392 g/mol. The second kappa shape index (κ2) is 8.34. The summed E-state index contributed by atoms with van der Waals surface area (Å²) in [6, 6.07) is 12.4. The topological polar surface area (TPSA) is 114 Å². The largest absolute Gasteiger partial charge is 0.326 e. The van der Waals surface area contributed by atoms with E-state index < -0.39 is 4.92 Å². The Morgan fingerprint density at radius 3 is 2.52 bits per heavy atom. The number of hydrogen-bond donors (Lipinski definition) is 2. The van der Waals surface area contributed by atoms with Crippen molar-refractivity contribution in [2.45, 2.75) is 20.8 Å². The second-order valence-electron chi connectivity index (χ2n) is 6.42. The van der Waals surface area contributed by atoms with Crippen molar-refractivity contribution in [3.05, 3.63) is 75.7 Å². The summed E-state index contributed by atoms with van der Waals surface area (Å²) < 4.78 is 2.09. The fraction of sp³-hybridized carbons (Fsp3) is 0.150. The molecule has 2 heterocycles. The maximum absolute atomic E-state index is 11.2. The fourth-order valence-corrected chi connectivity index (χ4v) is 2.94. The van der Waals surface area contributed by atoms with Crippen LogP contribution in [0.4, 0.5) is 17.2 Å². The molecule has 0 saturated heterocycles. The molecule has 0 aliphatic carbocycles. The van der Waals surface area contributed by atoms with Crippen molar-refractivity contribution in [2.75, 3.05) is 10.7 Å². The van der Waals surface area contributed by atoms with Gasteiger partial charge in [0.15, 0.2) is 0 Å². The number of hydrogen-bond acceptors (Lipinski definition) is 6. The summed E-state index contributed by atoms with van der Waals surface area (Å²) >= 11 is 0. The zero-order chi connectivity index (χ0) is 21.0. The van der Waals surface area contributed by atoms with Crippen LogP contribution < -0.4 is 10.7 Å². The van der Waals surface area contributed by atoms with Gasteiger partial charge in [0, 0.05) is 41.3 Å². The van der Waals surface area contributed by atoms with E-state index in [1.807, 2.05) is 44.2 Å². The molecule has 29 heavy (non-hydrogen) atoms. The number of aromatic nitrogens is 2. The Kier molecular flexibility index (Phi) is 5.68. The third-order valence-electron chi connectivity index (χ3n) is 4.26. The smallest absolute Gasteiger partial charge is 0.287 e. The Labute approximate surface area is 167 Å². The Morgan fingerprint density at radius 1 is 1.21 bits per heavy atom. The first-order chi connectivity index (χ1) is 13.8. The van der Waals surface area contributed by atoms with E-state index in [1.54, 1.807) is 6.21 Å². The van der Waals surface area contributed by atoms with Gasteiger partial charge in [0.05, 0.1) is 11.1 Å². The minimum absolute atomic E-state index is 0.0763. The number of nitrogens with one attached hydrogen (secondary N) is 2. The lowest BCUT2D eigenvalue weighted by Crippen LogP contribution is -2.06. The van der Waals surface area contributed by atoms with Crippen molar-refractivity contribution >= 4 is 29.3 Å². The number of nitrogens with zero attached hydrogens (tertiary/aromatic N) is 4. The van der Waals surface area contributed by atoms with E-state index in [0.29, 0.717) is 5.82 Å². The van der Waals surface area contributed by atoms with Gasteiger partial charge >= 0.3 is 0 Å². The van der Waals surface area contributed by atoms with Gasteiger partial charge in [-0.05, 0) is 50.2 Å². The first-order valence-corrected chi connectivity index (χ1v) is 8.81. The highest BCUT2D eigenvalue weighted by molar-refractivity contribution is 5.88. The van der Waals surface area contributed by atoms with Crippen LogP contribution >= 0.6 is 0 Å². The Balaban J connectivity index is 1.75. The number of aryl methyl sites for hydroxylation is 1. The maximum Gasteiger partial charge on any atom is 0.287 e. The summed E-state index contributed by atoms with van der Waals surface area (Å²) in [4.78, 5) is 25.3. The van der Waals surface area contributed by atoms with Gasteiger partial charge in [0.1, 0.15) is 12.0 Å². The monoisotopic (exact) mass is 392 g/mol. The number of hydrazone groups is 1.